The number of aromatic nitrogens is 1. The molecule has 0 radical (unpaired) electrons. The predicted molar refractivity (Wildman–Crippen MR) is 77.2 cm³/mol. The summed E-state index contributed by atoms with van der Waals surface area (Å²) in [6.45, 7) is 2.40. The fraction of sp³-hybridized carbons (Fsp3) is 0.312. The number of pyridine rings is 1. The molecule has 1 unspecified atom stereocenters. The van der Waals surface area contributed by atoms with E-state index in [9.17, 15) is 4.39 Å². The van der Waals surface area contributed by atoms with Crippen LogP contribution in [0.3, 0.4) is 0 Å². The molecule has 0 saturated carbocycles. The third kappa shape index (κ3) is 4.63. The van der Waals surface area contributed by atoms with Crippen LogP contribution in [0.15, 0.2) is 42.7 Å². The minimum atomic E-state index is -0.290. The van der Waals surface area contributed by atoms with Gasteiger partial charge in [-0.15, -0.1) is 0 Å². The predicted octanol–water partition coefficient (Wildman–Crippen LogP) is 2.73. The van der Waals surface area contributed by atoms with Crippen molar-refractivity contribution in [1.29, 1.82) is 0 Å². The zero-order valence-electron chi connectivity index (χ0n) is 11.6. The third-order valence-electron chi connectivity index (χ3n) is 2.90. The van der Waals surface area contributed by atoms with E-state index >= 15 is 0 Å². The van der Waals surface area contributed by atoms with E-state index in [1.54, 1.807) is 12.4 Å². The van der Waals surface area contributed by atoms with Crippen molar-refractivity contribution >= 4 is 0 Å². The normalized spacial score (nSPS) is 12.2. The second-order valence-electron chi connectivity index (χ2n) is 4.93. The number of rotatable bonds is 6. The molecule has 1 aromatic carbocycles. The summed E-state index contributed by atoms with van der Waals surface area (Å²) in [6.07, 6.45) is 4.90. The summed E-state index contributed by atoms with van der Waals surface area (Å²) in [5, 5.41) is 0. The Kier molecular flexibility index (Phi) is 5.07. The van der Waals surface area contributed by atoms with Crippen LogP contribution in [-0.2, 0) is 12.8 Å². The van der Waals surface area contributed by atoms with Gasteiger partial charge in [-0.3, -0.25) is 4.98 Å². The minimum absolute atomic E-state index is 0.00136. The van der Waals surface area contributed by atoms with Crippen LogP contribution in [0.2, 0.25) is 0 Å². The van der Waals surface area contributed by atoms with Gasteiger partial charge < -0.3 is 10.5 Å². The average Bonchev–Trinajstić information content (AvgIpc) is 2.38. The first-order chi connectivity index (χ1) is 9.63. The molecule has 0 aliphatic rings. The van der Waals surface area contributed by atoms with Crippen LogP contribution in [-0.4, -0.2) is 17.6 Å². The summed E-state index contributed by atoms with van der Waals surface area (Å²) in [5.74, 6) is 0.261. The van der Waals surface area contributed by atoms with E-state index in [0.29, 0.717) is 18.8 Å². The van der Waals surface area contributed by atoms with Gasteiger partial charge in [-0.2, -0.15) is 0 Å². The maximum atomic E-state index is 13.5. The van der Waals surface area contributed by atoms with E-state index in [1.165, 1.54) is 12.1 Å². The second kappa shape index (κ2) is 7.01. The molecular weight excluding hydrogens is 255 g/mol. The summed E-state index contributed by atoms with van der Waals surface area (Å²) in [7, 11) is 0. The molecule has 2 aromatic rings. The van der Waals surface area contributed by atoms with Gasteiger partial charge in [0.25, 0.3) is 0 Å². The fourth-order valence-electron chi connectivity index (χ4n) is 2.03. The van der Waals surface area contributed by atoms with Crippen molar-refractivity contribution in [2.24, 2.45) is 5.73 Å². The van der Waals surface area contributed by atoms with Crippen molar-refractivity contribution in [2.75, 3.05) is 6.61 Å². The van der Waals surface area contributed by atoms with Crippen LogP contribution in [0, 0.1) is 5.82 Å². The fourth-order valence-corrected chi connectivity index (χ4v) is 2.03. The van der Waals surface area contributed by atoms with Crippen molar-refractivity contribution < 1.29 is 9.13 Å². The van der Waals surface area contributed by atoms with Crippen LogP contribution in [0.4, 0.5) is 4.39 Å². The van der Waals surface area contributed by atoms with E-state index in [4.69, 9.17) is 10.5 Å². The van der Waals surface area contributed by atoms with Crippen LogP contribution in [0.1, 0.15) is 18.1 Å². The Morgan fingerprint density at radius 1 is 1.20 bits per heavy atom. The first-order valence-electron chi connectivity index (χ1n) is 6.70. The Balaban J connectivity index is 1.93. The molecule has 1 heterocycles. The molecule has 1 atom stereocenters. The van der Waals surface area contributed by atoms with E-state index < -0.39 is 0 Å². The van der Waals surface area contributed by atoms with Crippen molar-refractivity contribution in [1.82, 2.24) is 4.98 Å². The number of benzene rings is 1. The number of ether oxygens (including phenoxy) is 1. The van der Waals surface area contributed by atoms with Crippen molar-refractivity contribution in [3.05, 3.63) is 59.7 Å². The smallest absolute Gasteiger partial charge is 0.127 e. The highest BCUT2D eigenvalue weighted by atomic mass is 19.1. The highest BCUT2D eigenvalue weighted by Gasteiger charge is 2.04. The summed E-state index contributed by atoms with van der Waals surface area (Å²) >= 11 is 0. The van der Waals surface area contributed by atoms with Gasteiger partial charge in [0.2, 0.25) is 0 Å². The Morgan fingerprint density at radius 2 is 1.95 bits per heavy atom. The van der Waals surface area contributed by atoms with Crippen LogP contribution in [0.5, 0.6) is 5.75 Å². The van der Waals surface area contributed by atoms with E-state index in [0.717, 1.165) is 17.5 Å². The maximum Gasteiger partial charge on any atom is 0.127 e. The minimum Gasteiger partial charge on any atom is -0.493 e. The second-order valence-corrected chi connectivity index (χ2v) is 4.93. The maximum absolute atomic E-state index is 13.5. The van der Waals surface area contributed by atoms with E-state index in [1.807, 2.05) is 25.1 Å². The molecule has 0 spiro atoms. The quantitative estimate of drug-likeness (QED) is 0.881. The summed E-state index contributed by atoms with van der Waals surface area (Å²) in [6, 6.07) is 8.63. The highest BCUT2D eigenvalue weighted by Crippen LogP contribution is 2.18. The SMILES string of the molecule is CC(N)Cc1cc(F)cc(OCCc2ccncc2)c1. The highest BCUT2D eigenvalue weighted by molar-refractivity contribution is 5.30. The molecule has 0 bridgehead atoms. The van der Waals surface area contributed by atoms with Crippen LogP contribution in [0.25, 0.3) is 0 Å². The van der Waals surface area contributed by atoms with Crippen molar-refractivity contribution in [2.45, 2.75) is 25.8 Å². The number of halogens is 1. The monoisotopic (exact) mass is 274 g/mol. The van der Waals surface area contributed by atoms with Crippen molar-refractivity contribution in [3.8, 4) is 5.75 Å². The third-order valence-corrected chi connectivity index (χ3v) is 2.90. The Labute approximate surface area is 118 Å². The lowest BCUT2D eigenvalue weighted by Gasteiger charge is -2.10. The molecular formula is C16H19FN2O. The lowest BCUT2D eigenvalue weighted by atomic mass is 10.1. The van der Waals surface area contributed by atoms with Crippen LogP contribution >= 0.6 is 0 Å². The van der Waals surface area contributed by atoms with Gasteiger partial charge in [0, 0.05) is 30.9 Å². The molecule has 1 aromatic heterocycles. The molecule has 3 nitrogen and oxygen atoms in total. The standard InChI is InChI=1S/C16H19FN2O/c1-12(18)8-14-9-15(17)11-16(10-14)20-7-4-13-2-5-19-6-3-13/h2-3,5-6,9-12H,4,7-8,18H2,1H3. The molecule has 4 heteroatoms. The number of nitrogens with two attached hydrogens (primary N) is 1. The van der Waals surface area contributed by atoms with Gasteiger partial charge in [0.05, 0.1) is 6.61 Å². The largest absolute Gasteiger partial charge is 0.493 e. The topological polar surface area (TPSA) is 48.1 Å². The molecule has 0 saturated heterocycles. The Bertz CT molecular complexity index is 543. The molecule has 2 rings (SSSR count). The first-order valence-corrected chi connectivity index (χ1v) is 6.70. The molecule has 20 heavy (non-hydrogen) atoms. The molecule has 0 aliphatic heterocycles. The molecule has 2 N–H and O–H groups in total. The molecule has 0 aliphatic carbocycles. The Morgan fingerprint density at radius 3 is 2.65 bits per heavy atom. The molecule has 0 fully saturated rings. The van der Waals surface area contributed by atoms with Gasteiger partial charge in [-0.1, -0.05) is 0 Å². The summed E-state index contributed by atoms with van der Waals surface area (Å²) < 4.78 is 19.1. The summed E-state index contributed by atoms with van der Waals surface area (Å²) in [4.78, 5) is 3.96. The van der Waals surface area contributed by atoms with Gasteiger partial charge in [-0.05, 0) is 48.7 Å². The summed E-state index contributed by atoms with van der Waals surface area (Å²) in [5.41, 5.74) is 7.74. The Hall–Kier alpha value is -1.94. The number of nitrogens with zero attached hydrogens (tertiary/aromatic N) is 1. The average molecular weight is 274 g/mol. The lowest BCUT2D eigenvalue weighted by molar-refractivity contribution is 0.320. The van der Waals surface area contributed by atoms with Gasteiger partial charge in [0.15, 0.2) is 0 Å². The zero-order valence-corrected chi connectivity index (χ0v) is 11.6. The van der Waals surface area contributed by atoms with Gasteiger partial charge in [-0.25, -0.2) is 4.39 Å². The van der Waals surface area contributed by atoms with E-state index in [2.05, 4.69) is 4.98 Å². The first kappa shape index (κ1) is 14.5. The molecule has 106 valence electrons. The zero-order chi connectivity index (χ0) is 14.4. The number of hydrogen-bond acceptors (Lipinski definition) is 3. The van der Waals surface area contributed by atoms with Gasteiger partial charge in [0.1, 0.15) is 11.6 Å². The van der Waals surface area contributed by atoms with E-state index in [-0.39, 0.29) is 11.9 Å². The van der Waals surface area contributed by atoms with Gasteiger partial charge >= 0.3 is 0 Å². The van der Waals surface area contributed by atoms with Crippen molar-refractivity contribution in [3.63, 3.8) is 0 Å². The lowest BCUT2D eigenvalue weighted by Crippen LogP contribution is -2.17. The number of hydrogen-bond donors (Lipinski definition) is 1. The molecule has 0 amide bonds. The van der Waals surface area contributed by atoms with Crippen LogP contribution < -0.4 is 10.5 Å².